The summed E-state index contributed by atoms with van der Waals surface area (Å²) in [4.78, 5) is 5.18. The van der Waals surface area contributed by atoms with Crippen LogP contribution in [0.2, 0.25) is 0 Å². The molecule has 1 fully saturated rings. The lowest BCUT2D eigenvalue weighted by molar-refractivity contribution is 0.562. The topological polar surface area (TPSA) is 6.48 Å². The van der Waals surface area contributed by atoms with E-state index in [0.29, 0.717) is 0 Å². The third-order valence-electron chi connectivity index (χ3n) is 7.23. The van der Waals surface area contributed by atoms with E-state index in [9.17, 15) is 0 Å². The van der Waals surface area contributed by atoms with Crippen molar-refractivity contribution in [1.82, 2.24) is 0 Å². The van der Waals surface area contributed by atoms with Gasteiger partial charge in [0.05, 0.1) is 6.67 Å². The van der Waals surface area contributed by atoms with Gasteiger partial charge in [0.2, 0.25) is 0 Å². The molecule has 0 radical (unpaired) electrons. The van der Waals surface area contributed by atoms with Crippen molar-refractivity contribution >= 4 is 11.4 Å². The summed E-state index contributed by atoms with van der Waals surface area (Å²) in [6.45, 7) is 31.1. The monoisotopic (exact) mass is 462 g/mol. The lowest BCUT2D eigenvalue weighted by Crippen LogP contribution is -2.45. The molecule has 3 rings (SSSR count). The molecule has 1 aliphatic heterocycles. The van der Waals surface area contributed by atoms with Gasteiger partial charge in [-0.1, -0.05) is 95.2 Å². The molecule has 188 valence electrons. The van der Waals surface area contributed by atoms with E-state index in [-0.39, 0.29) is 21.7 Å². The van der Waals surface area contributed by atoms with Crippen LogP contribution in [0.25, 0.3) is 0 Å². The molecule has 34 heavy (non-hydrogen) atoms. The second-order valence-corrected chi connectivity index (χ2v) is 14.6. The highest BCUT2D eigenvalue weighted by Gasteiger charge is 2.26. The molecule has 0 spiro atoms. The highest BCUT2D eigenvalue weighted by molar-refractivity contribution is 5.59. The van der Waals surface area contributed by atoms with Crippen LogP contribution in [0.5, 0.6) is 0 Å². The fourth-order valence-electron chi connectivity index (χ4n) is 4.54. The molecule has 1 aliphatic rings. The highest BCUT2D eigenvalue weighted by atomic mass is 15.3. The molecular formula is C32H50N2. The van der Waals surface area contributed by atoms with Crippen molar-refractivity contribution in [2.75, 3.05) is 29.6 Å². The van der Waals surface area contributed by atoms with Crippen molar-refractivity contribution in [3.05, 3.63) is 58.7 Å². The quantitative estimate of drug-likeness (QED) is 0.441. The first-order chi connectivity index (χ1) is 15.4. The van der Waals surface area contributed by atoms with Gasteiger partial charge in [0.15, 0.2) is 0 Å². The van der Waals surface area contributed by atoms with Crippen LogP contribution in [-0.2, 0) is 21.7 Å². The normalized spacial score (nSPS) is 16.2. The number of benzene rings is 2. The van der Waals surface area contributed by atoms with Crippen LogP contribution in [0.3, 0.4) is 0 Å². The first kappa shape index (κ1) is 26.6. The first-order valence-corrected chi connectivity index (χ1v) is 13.2. The minimum Gasteiger partial charge on any atom is -0.354 e. The molecule has 0 aromatic heterocycles. The van der Waals surface area contributed by atoms with Gasteiger partial charge >= 0.3 is 0 Å². The Morgan fingerprint density at radius 2 is 0.706 bits per heavy atom. The van der Waals surface area contributed by atoms with Gasteiger partial charge in [-0.15, -0.1) is 0 Å². The summed E-state index contributed by atoms with van der Waals surface area (Å²) in [6, 6.07) is 14.6. The zero-order chi connectivity index (χ0) is 25.7. The van der Waals surface area contributed by atoms with Gasteiger partial charge in [-0.05, 0) is 74.6 Å². The van der Waals surface area contributed by atoms with E-state index in [4.69, 9.17) is 0 Å². The van der Waals surface area contributed by atoms with Gasteiger partial charge < -0.3 is 9.80 Å². The van der Waals surface area contributed by atoms with Crippen molar-refractivity contribution in [3.8, 4) is 0 Å². The molecule has 0 saturated carbocycles. The predicted octanol–water partition coefficient (Wildman–Crippen LogP) is 8.55. The Balaban J connectivity index is 2.02. The third kappa shape index (κ3) is 6.18. The molecule has 2 heteroatoms. The summed E-state index contributed by atoms with van der Waals surface area (Å²) in [5, 5.41) is 0. The second kappa shape index (κ2) is 8.92. The van der Waals surface area contributed by atoms with Crippen molar-refractivity contribution < 1.29 is 0 Å². The minimum absolute atomic E-state index is 0.133. The van der Waals surface area contributed by atoms with Gasteiger partial charge in [0.1, 0.15) is 0 Å². The first-order valence-electron chi connectivity index (χ1n) is 13.2. The molecular weight excluding hydrogens is 412 g/mol. The van der Waals surface area contributed by atoms with E-state index in [1.807, 2.05) is 0 Å². The van der Waals surface area contributed by atoms with Crippen molar-refractivity contribution in [2.24, 2.45) is 0 Å². The predicted molar refractivity (Wildman–Crippen MR) is 152 cm³/mol. The Hall–Kier alpha value is -1.96. The molecule has 0 amide bonds. The second-order valence-electron chi connectivity index (χ2n) is 14.6. The van der Waals surface area contributed by atoms with Crippen LogP contribution in [-0.4, -0.2) is 19.8 Å². The van der Waals surface area contributed by atoms with Crippen LogP contribution in [0, 0.1) is 0 Å². The fraction of sp³-hybridized carbons (Fsp3) is 0.625. The lowest BCUT2D eigenvalue weighted by atomic mass is 9.80. The highest BCUT2D eigenvalue weighted by Crippen LogP contribution is 2.36. The summed E-state index contributed by atoms with van der Waals surface area (Å²) >= 11 is 0. The molecule has 1 saturated heterocycles. The molecule has 0 atom stereocenters. The molecule has 2 nitrogen and oxygen atoms in total. The van der Waals surface area contributed by atoms with Gasteiger partial charge in [-0.2, -0.15) is 0 Å². The van der Waals surface area contributed by atoms with Crippen LogP contribution in [0.15, 0.2) is 36.4 Å². The molecule has 2 aromatic rings. The van der Waals surface area contributed by atoms with Crippen molar-refractivity contribution in [3.63, 3.8) is 0 Å². The van der Waals surface area contributed by atoms with Crippen LogP contribution in [0.1, 0.15) is 112 Å². The average molecular weight is 463 g/mol. The van der Waals surface area contributed by atoms with Crippen molar-refractivity contribution in [1.29, 1.82) is 0 Å². The molecule has 0 N–H and O–H groups in total. The Kier molecular flexibility index (Phi) is 6.99. The van der Waals surface area contributed by atoms with Crippen LogP contribution < -0.4 is 9.80 Å². The maximum Gasteiger partial charge on any atom is 0.0902 e. The van der Waals surface area contributed by atoms with E-state index >= 15 is 0 Å². The summed E-state index contributed by atoms with van der Waals surface area (Å²) in [7, 11) is 0. The molecule has 1 heterocycles. The molecule has 2 aromatic carbocycles. The van der Waals surface area contributed by atoms with Gasteiger partial charge in [-0.25, -0.2) is 0 Å². The Labute approximate surface area is 210 Å². The van der Waals surface area contributed by atoms with E-state index in [1.54, 1.807) is 0 Å². The van der Waals surface area contributed by atoms with Gasteiger partial charge in [0, 0.05) is 24.5 Å². The summed E-state index contributed by atoms with van der Waals surface area (Å²) in [5.74, 6) is 0. The maximum absolute atomic E-state index is 2.59. The largest absolute Gasteiger partial charge is 0.354 e. The van der Waals surface area contributed by atoms with Gasteiger partial charge in [-0.3, -0.25) is 0 Å². The van der Waals surface area contributed by atoms with E-state index in [1.165, 1.54) is 40.0 Å². The lowest BCUT2D eigenvalue weighted by Gasteiger charge is -2.40. The zero-order valence-electron chi connectivity index (χ0n) is 24.2. The van der Waals surface area contributed by atoms with E-state index < -0.39 is 0 Å². The van der Waals surface area contributed by atoms with Crippen molar-refractivity contribution in [2.45, 2.75) is 111 Å². The van der Waals surface area contributed by atoms with Crippen LogP contribution >= 0.6 is 0 Å². The number of rotatable bonds is 2. The fourth-order valence-corrected chi connectivity index (χ4v) is 4.54. The standard InChI is InChI=1S/C32H50N2/c1-29(2,3)23-16-24(30(4,5)6)19-27(18-23)33-14-13-15-34(22-33)28-20-25(31(7,8)9)17-26(21-28)32(10,11)12/h16-21H,13-15,22H2,1-12H3. The van der Waals surface area contributed by atoms with E-state index in [2.05, 4.69) is 129 Å². The molecule has 0 unspecified atom stereocenters. The zero-order valence-corrected chi connectivity index (χ0v) is 24.2. The number of hydrogen-bond donors (Lipinski definition) is 0. The van der Waals surface area contributed by atoms with Crippen LogP contribution in [0.4, 0.5) is 11.4 Å². The number of nitrogens with zero attached hydrogens (tertiary/aromatic N) is 2. The summed E-state index contributed by atoms with van der Waals surface area (Å²) < 4.78 is 0. The molecule has 0 aliphatic carbocycles. The Morgan fingerprint density at radius 3 is 0.941 bits per heavy atom. The molecule has 0 bridgehead atoms. The summed E-state index contributed by atoms with van der Waals surface area (Å²) in [6.07, 6.45) is 1.18. The third-order valence-corrected chi connectivity index (χ3v) is 7.23. The summed E-state index contributed by atoms with van der Waals surface area (Å²) in [5.41, 5.74) is 8.97. The SMILES string of the molecule is CC(C)(C)c1cc(N2CCCN(c3cc(C(C)(C)C)cc(C(C)(C)C)c3)C2)cc(C(C)(C)C)c1. The van der Waals surface area contributed by atoms with E-state index in [0.717, 1.165) is 19.8 Å². The minimum atomic E-state index is 0.133. The number of anilines is 2. The average Bonchev–Trinajstić information content (AvgIpc) is 2.70. The maximum atomic E-state index is 2.59. The number of hydrogen-bond acceptors (Lipinski definition) is 2. The Morgan fingerprint density at radius 1 is 0.441 bits per heavy atom. The van der Waals surface area contributed by atoms with Gasteiger partial charge in [0.25, 0.3) is 0 Å². The Bertz CT molecular complexity index is 857. The smallest absolute Gasteiger partial charge is 0.0902 e.